The van der Waals surface area contributed by atoms with Crippen LogP contribution in [-0.2, 0) is 44.0 Å². The molecule has 3 aromatic rings. The highest BCUT2D eigenvalue weighted by Crippen LogP contribution is 2.42. The van der Waals surface area contributed by atoms with Crippen LogP contribution in [0.5, 0.6) is 0 Å². The maximum atomic E-state index is 12.7. The van der Waals surface area contributed by atoms with Crippen LogP contribution in [0.3, 0.4) is 0 Å². The lowest BCUT2D eigenvalue weighted by molar-refractivity contribution is 0.0589. The predicted molar refractivity (Wildman–Crippen MR) is 133 cm³/mol. The number of methoxy groups -OCH3 is 1. The molecule has 8 nitrogen and oxygen atoms in total. The molecule has 32 heavy (non-hydrogen) atoms. The average Bonchev–Trinajstić information content (AvgIpc) is 3.17. The van der Waals surface area contributed by atoms with Gasteiger partial charge < -0.3 is 9.30 Å². The van der Waals surface area contributed by atoms with Gasteiger partial charge >= 0.3 is 5.97 Å². The van der Waals surface area contributed by atoms with Gasteiger partial charge in [-0.15, -0.1) is 0 Å². The quantitative estimate of drug-likeness (QED) is 0.128. The van der Waals surface area contributed by atoms with Crippen LogP contribution < -0.4 is 0 Å². The number of benzene rings is 1. The summed E-state index contributed by atoms with van der Waals surface area (Å²) in [5.41, 5.74) is 5.61. The van der Waals surface area contributed by atoms with E-state index < -0.39 is 16.1 Å². The molecule has 0 spiro atoms. The fraction of sp³-hybridized carbons (Fsp3) is 0.429. The summed E-state index contributed by atoms with van der Waals surface area (Å²) in [6.07, 6.45) is 1.86. The molecule has 0 saturated carbocycles. The summed E-state index contributed by atoms with van der Waals surface area (Å²) >= 11 is 8.99. The van der Waals surface area contributed by atoms with Crippen LogP contribution in [0.15, 0.2) is 12.1 Å². The van der Waals surface area contributed by atoms with Gasteiger partial charge in [-0.25, -0.2) is 4.79 Å². The molecule has 0 aliphatic heterocycles. The Labute approximate surface area is 206 Å². The summed E-state index contributed by atoms with van der Waals surface area (Å²) in [4.78, 5) is 12.7. The molecular formula is C21H25ClIN3O5S. The standard InChI is InChI=1S/C21H25ClIN3O5S/c1-12-17(16(11-23)24-26(12)3)18-15(22)9-8-14-13(7-6-10-31-32(5,28)29)20(21(27)30-4)25(2)19(14)18/h8-9H,6-7,10-11H2,1-5H3. The molecule has 3 rings (SSSR count). The summed E-state index contributed by atoms with van der Waals surface area (Å²) in [7, 11) is 1.50. The van der Waals surface area contributed by atoms with Crippen molar-refractivity contribution in [3.05, 3.63) is 39.8 Å². The van der Waals surface area contributed by atoms with E-state index in [-0.39, 0.29) is 6.61 Å². The highest BCUT2D eigenvalue weighted by Gasteiger charge is 2.27. The first kappa shape index (κ1) is 25.0. The second-order valence-corrected chi connectivity index (χ2v) is 10.3. The molecule has 0 unspecified atom stereocenters. The smallest absolute Gasteiger partial charge is 0.354 e. The number of hydrogen-bond donors (Lipinski definition) is 0. The van der Waals surface area contributed by atoms with Gasteiger partial charge in [0.05, 0.1) is 36.2 Å². The molecule has 1 aromatic carbocycles. The Morgan fingerprint density at radius 1 is 1.25 bits per heavy atom. The Morgan fingerprint density at radius 3 is 2.53 bits per heavy atom. The van der Waals surface area contributed by atoms with Crippen LogP contribution in [-0.4, -0.2) is 48.7 Å². The normalized spacial score (nSPS) is 12.0. The van der Waals surface area contributed by atoms with E-state index in [2.05, 4.69) is 27.7 Å². The third kappa shape index (κ3) is 4.68. The van der Waals surface area contributed by atoms with Crippen molar-refractivity contribution in [1.82, 2.24) is 14.3 Å². The molecule has 0 atom stereocenters. The second-order valence-electron chi connectivity index (χ2n) is 7.49. The van der Waals surface area contributed by atoms with E-state index in [1.165, 1.54) is 7.11 Å². The topological polar surface area (TPSA) is 92.4 Å². The SMILES string of the molecule is COC(=O)c1c(CCCOS(C)(=O)=O)c2ccc(Cl)c(-c3c(CI)nn(C)c3C)c2n1C. The second kappa shape index (κ2) is 9.70. The monoisotopic (exact) mass is 593 g/mol. The number of nitrogens with zero attached hydrogens (tertiary/aromatic N) is 3. The van der Waals surface area contributed by atoms with E-state index in [0.717, 1.165) is 45.2 Å². The van der Waals surface area contributed by atoms with Crippen molar-refractivity contribution in [3.63, 3.8) is 0 Å². The largest absolute Gasteiger partial charge is 0.464 e. The van der Waals surface area contributed by atoms with E-state index in [1.807, 2.05) is 30.8 Å². The fourth-order valence-corrected chi connectivity index (χ4v) is 5.20. The number of alkyl halides is 1. The molecule has 0 aliphatic carbocycles. The molecule has 0 N–H and O–H groups in total. The lowest BCUT2D eigenvalue weighted by Crippen LogP contribution is -2.11. The van der Waals surface area contributed by atoms with Crippen molar-refractivity contribution >= 4 is 61.2 Å². The first-order chi connectivity index (χ1) is 15.0. The number of carbonyl (C=O) groups is 1. The maximum absolute atomic E-state index is 12.7. The lowest BCUT2D eigenvalue weighted by atomic mass is 9.98. The van der Waals surface area contributed by atoms with Gasteiger partial charge in [0, 0.05) is 40.7 Å². The predicted octanol–water partition coefficient (Wildman–Crippen LogP) is 4.17. The molecule has 2 aromatic heterocycles. The van der Waals surface area contributed by atoms with E-state index >= 15 is 0 Å². The molecule has 0 saturated heterocycles. The number of rotatable bonds is 8. The summed E-state index contributed by atoms with van der Waals surface area (Å²) in [5.74, 6) is -0.471. The molecule has 0 bridgehead atoms. The van der Waals surface area contributed by atoms with Gasteiger partial charge in [-0.05, 0) is 31.4 Å². The first-order valence-corrected chi connectivity index (χ1v) is 13.5. The zero-order valence-corrected chi connectivity index (χ0v) is 22.3. The molecule has 2 heterocycles. The highest BCUT2D eigenvalue weighted by atomic mass is 127. The number of hydrogen-bond acceptors (Lipinski definition) is 6. The van der Waals surface area contributed by atoms with E-state index in [1.54, 1.807) is 11.6 Å². The van der Waals surface area contributed by atoms with E-state index in [0.29, 0.717) is 28.0 Å². The minimum Gasteiger partial charge on any atom is -0.464 e. The molecular weight excluding hydrogens is 569 g/mol. The number of fused-ring (bicyclic) bond motifs is 1. The Bertz CT molecular complexity index is 1300. The van der Waals surface area contributed by atoms with Crippen molar-refractivity contribution < 1.29 is 22.1 Å². The molecule has 0 amide bonds. The summed E-state index contributed by atoms with van der Waals surface area (Å²) in [5, 5.41) is 6.04. The molecule has 174 valence electrons. The van der Waals surface area contributed by atoms with Gasteiger partial charge in [-0.3, -0.25) is 8.86 Å². The Morgan fingerprint density at radius 2 is 1.94 bits per heavy atom. The van der Waals surface area contributed by atoms with Crippen LogP contribution >= 0.6 is 34.2 Å². The number of esters is 1. The van der Waals surface area contributed by atoms with Crippen LogP contribution in [0.1, 0.15) is 33.9 Å². The fourth-order valence-electron chi connectivity index (χ4n) is 4.00. The maximum Gasteiger partial charge on any atom is 0.354 e. The zero-order valence-electron chi connectivity index (χ0n) is 18.5. The molecule has 0 aliphatic rings. The van der Waals surface area contributed by atoms with Gasteiger partial charge in [-0.1, -0.05) is 40.3 Å². The van der Waals surface area contributed by atoms with Gasteiger partial charge in [-0.2, -0.15) is 13.5 Å². The van der Waals surface area contributed by atoms with Crippen LogP contribution in [0.2, 0.25) is 5.02 Å². The third-order valence-corrected chi connectivity index (χ3v) is 7.07. The lowest BCUT2D eigenvalue weighted by Gasteiger charge is -2.11. The minimum atomic E-state index is -3.53. The zero-order chi connectivity index (χ0) is 23.8. The van der Waals surface area contributed by atoms with Crippen LogP contribution in [0.4, 0.5) is 0 Å². The van der Waals surface area contributed by atoms with Gasteiger partial charge in [0.2, 0.25) is 0 Å². The van der Waals surface area contributed by atoms with Gasteiger partial charge in [0.25, 0.3) is 10.1 Å². The summed E-state index contributed by atoms with van der Waals surface area (Å²) < 4.78 is 36.8. The van der Waals surface area contributed by atoms with E-state index in [4.69, 9.17) is 20.5 Å². The average molecular weight is 594 g/mol. The van der Waals surface area contributed by atoms with Crippen molar-refractivity contribution in [2.75, 3.05) is 20.0 Å². The molecule has 0 fully saturated rings. The Kier molecular flexibility index (Phi) is 7.58. The highest BCUT2D eigenvalue weighted by molar-refractivity contribution is 14.1. The van der Waals surface area contributed by atoms with Crippen molar-refractivity contribution in [2.24, 2.45) is 14.1 Å². The third-order valence-electron chi connectivity index (χ3n) is 5.44. The van der Waals surface area contributed by atoms with Crippen molar-refractivity contribution in [2.45, 2.75) is 24.2 Å². The Balaban J connectivity index is 2.26. The van der Waals surface area contributed by atoms with Gasteiger partial charge in [0.1, 0.15) is 5.69 Å². The summed E-state index contributed by atoms with van der Waals surface area (Å²) in [6, 6.07) is 3.70. The summed E-state index contributed by atoms with van der Waals surface area (Å²) in [6.45, 7) is 2.01. The molecule has 11 heteroatoms. The number of carbonyl (C=O) groups excluding carboxylic acids is 1. The number of aromatic nitrogens is 3. The van der Waals surface area contributed by atoms with Gasteiger partial charge in [0.15, 0.2) is 0 Å². The number of halogens is 2. The van der Waals surface area contributed by atoms with Crippen molar-refractivity contribution in [1.29, 1.82) is 0 Å². The van der Waals surface area contributed by atoms with Crippen LogP contribution in [0, 0.1) is 6.92 Å². The van der Waals surface area contributed by atoms with Crippen LogP contribution in [0.25, 0.3) is 22.0 Å². The first-order valence-electron chi connectivity index (χ1n) is 9.83. The molecule has 0 radical (unpaired) electrons. The number of aryl methyl sites for hydroxylation is 3. The number of ether oxygens (including phenoxy) is 1. The van der Waals surface area contributed by atoms with Crippen molar-refractivity contribution in [3.8, 4) is 11.1 Å². The minimum absolute atomic E-state index is 0.0248. The Hall–Kier alpha value is -1.63. The van der Waals surface area contributed by atoms with E-state index in [9.17, 15) is 13.2 Å².